The molecule has 1 aromatic rings. The van der Waals surface area contributed by atoms with Crippen molar-refractivity contribution in [1.29, 1.82) is 0 Å². The predicted molar refractivity (Wildman–Crippen MR) is 75.2 cm³/mol. The molecule has 1 rings (SSSR count). The molecule has 0 aliphatic carbocycles. The second-order valence-corrected chi connectivity index (χ2v) is 5.68. The van der Waals surface area contributed by atoms with Gasteiger partial charge in [0, 0.05) is 0 Å². The second-order valence-electron chi connectivity index (χ2n) is 4.73. The lowest BCUT2D eigenvalue weighted by atomic mass is 10.00. The van der Waals surface area contributed by atoms with E-state index in [1.54, 1.807) is 31.4 Å². The molecule has 2 atom stereocenters. The zero-order valence-electron chi connectivity index (χ0n) is 11.4. The molecular weight excluding hydrogens is 264 g/mol. The topological polar surface area (TPSA) is 78.4 Å². The van der Waals surface area contributed by atoms with Crippen LogP contribution in [0.15, 0.2) is 17.5 Å². The van der Waals surface area contributed by atoms with Crippen LogP contribution < -0.4 is 10.6 Å². The lowest BCUT2D eigenvalue weighted by Gasteiger charge is -2.28. The number of aliphatic hydroxyl groups excluding tert-OH is 1. The van der Waals surface area contributed by atoms with E-state index in [0.29, 0.717) is 11.3 Å². The van der Waals surface area contributed by atoms with E-state index in [1.807, 2.05) is 6.92 Å². The second kappa shape index (κ2) is 6.68. The summed E-state index contributed by atoms with van der Waals surface area (Å²) < 4.78 is 0. The Balaban J connectivity index is 2.56. The van der Waals surface area contributed by atoms with Crippen LogP contribution >= 0.6 is 11.3 Å². The molecule has 5 nitrogen and oxygen atoms in total. The van der Waals surface area contributed by atoms with Crippen molar-refractivity contribution in [2.45, 2.75) is 38.8 Å². The number of carbonyl (C=O) groups is 2. The van der Waals surface area contributed by atoms with E-state index in [4.69, 9.17) is 0 Å². The number of nitrogens with one attached hydrogen (secondary N) is 2. The van der Waals surface area contributed by atoms with Gasteiger partial charge < -0.3 is 15.7 Å². The number of thiophene rings is 1. The largest absolute Gasteiger partial charge is 0.394 e. The van der Waals surface area contributed by atoms with Crippen molar-refractivity contribution in [1.82, 2.24) is 10.6 Å². The number of amides is 2. The average molecular weight is 284 g/mol. The first kappa shape index (κ1) is 15.7. The third kappa shape index (κ3) is 4.33. The van der Waals surface area contributed by atoms with Crippen LogP contribution in [0, 0.1) is 0 Å². The Morgan fingerprint density at radius 3 is 2.68 bits per heavy atom. The van der Waals surface area contributed by atoms with Crippen molar-refractivity contribution in [2.24, 2.45) is 0 Å². The molecule has 3 N–H and O–H groups in total. The van der Waals surface area contributed by atoms with Gasteiger partial charge >= 0.3 is 0 Å². The maximum absolute atomic E-state index is 11.9. The van der Waals surface area contributed by atoms with Gasteiger partial charge in [-0.25, -0.2) is 0 Å². The third-order valence-corrected chi connectivity index (χ3v) is 3.91. The van der Waals surface area contributed by atoms with E-state index in [-0.39, 0.29) is 18.4 Å². The summed E-state index contributed by atoms with van der Waals surface area (Å²) in [5.74, 6) is -0.567. The number of hydrogen-bond donors (Lipinski definition) is 3. The molecule has 0 aliphatic rings. The molecule has 1 heterocycles. The van der Waals surface area contributed by atoms with E-state index in [0.717, 1.165) is 0 Å². The van der Waals surface area contributed by atoms with Gasteiger partial charge in [-0.15, -0.1) is 11.3 Å². The van der Waals surface area contributed by atoms with Crippen molar-refractivity contribution in [3.63, 3.8) is 0 Å². The lowest BCUT2D eigenvalue weighted by molar-refractivity contribution is -0.125. The van der Waals surface area contributed by atoms with Crippen LogP contribution in [0.3, 0.4) is 0 Å². The Bertz CT molecular complexity index is 427. The van der Waals surface area contributed by atoms with Crippen LogP contribution in [0.4, 0.5) is 0 Å². The zero-order valence-corrected chi connectivity index (χ0v) is 12.2. The van der Waals surface area contributed by atoms with E-state index >= 15 is 0 Å². The maximum atomic E-state index is 11.9. The molecular formula is C13H20N2O3S. The maximum Gasteiger partial charge on any atom is 0.261 e. The third-order valence-electron chi connectivity index (χ3n) is 3.04. The van der Waals surface area contributed by atoms with Gasteiger partial charge in [-0.2, -0.15) is 0 Å². The Labute approximate surface area is 117 Å². The molecule has 0 aliphatic heterocycles. The fraction of sp³-hybridized carbons (Fsp3) is 0.538. The molecule has 6 heteroatoms. The average Bonchev–Trinajstić information content (AvgIpc) is 2.92. The Morgan fingerprint density at radius 2 is 2.21 bits per heavy atom. The standard InChI is InChI=1S/C13H20N2O3S/c1-4-13(3,8-16)15-11(17)9(2)14-12(18)10-6-5-7-19-10/h5-7,9,16H,4,8H2,1-3H3,(H,14,18)(H,15,17). The SMILES string of the molecule is CCC(C)(CO)NC(=O)C(C)NC(=O)c1cccs1. The molecule has 19 heavy (non-hydrogen) atoms. The summed E-state index contributed by atoms with van der Waals surface area (Å²) in [5, 5.41) is 16.4. The summed E-state index contributed by atoms with van der Waals surface area (Å²) in [6.45, 7) is 5.12. The molecule has 2 unspecified atom stereocenters. The van der Waals surface area contributed by atoms with Gasteiger partial charge in [-0.3, -0.25) is 9.59 Å². The van der Waals surface area contributed by atoms with Gasteiger partial charge in [0.05, 0.1) is 17.0 Å². The highest BCUT2D eigenvalue weighted by Crippen LogP contribution is 2.10. The minimum Gasteiger partial charge on any atom is -0.394 e. The Hall–Kier alpha value is -1.40. The van der Waals surface area contributed by atoms with E-state index < -0.39 is 11.6 Å². The molecule has 0 spiro atoms. The molecule has 0 radical (unpaired) electrons. The molecule has 106 valence electrons. The number of aliphatic hydroxyl groups is 1. The Morgan fingerprint density at radius 1 is 1.53 bits per heavy atom. The molecule has 0 aromatic carbocycles. The first-order chi connectivity index (χ1) is 8.91. The minimum atomic E-state index is -0.654. The molecule has 0 bridgehead atoms. The highest BCUT2D eigenvalue weighted by atomic mass is 32.1. The summed E-state index contributed by atoms with van der Waals surface area (Å²) in [6, 6.07) is 2.84. The van der Waals surface area contributed by atoms with Gasteiger partial charge in [0.2, 0.25) is 5.91 Å². The van der Waals surface area contributed by atoms with Gasteiger partial charge in [-0.1, -0.05) is 13.0 Å². The monoisotopic (exact) mass is 284 g/mol. The molecule has 0 fully saturated rings. The highest BCUT2D eigenvalue weighted by molar-refractivity contribution is 7.12. The van der Waals surface area contributed by atoms with Gasteiger partial charge in [0.25, 0.3) is 5.91 Å². The normalized spacial score (nSPS) is 15.4. The predicted octanol–water partition coefficient (Wildman–Crippen LogP) is 1.14. The van der Waals surface area contributed by atoms with Crippen LogP contribution in [0.1, 0.15) is 36.9 Å². The summed E-state index contributed by atoms with van der Waals surface area (Å²) in [7, 11) is 0. The van der Waals surface area contributed by atoms with Crippen LogP contribution in [0.25, 0.3) is 0 Å². The van der Waals surface area contributed by atoms with Gasteiger partial charge in [-0.05, 0) is 31.7 Å². The van der Waals surface area contributed by atoms with Crippen molar-refractivity contribution >= 4 is 23.2 Å². The summed E-state index contributed by atoms with van der Waals surface area (Å²) in [4.78, 5) is 24.3. The van der Waals surface area contributed by atoms with E-state index in [9.17, 15) is 14.7 Å². The van der Waals surface area contributed by atoms with Crippen molar-refractivity contribution < 1.29 is 14.7 Å². The van der Waals surface area contributed by atoms with Gasteiger partial charge in [0.15, 0.2) is 0 Å². The Kier molecular flexibility index (Phi) is 5.50. The van der Waals surface area contributed by atoms with Crippen LogP contribution in [-0.4, -0.2) is 35.1 Å². The van der Waals surface area contributed by atoms with Crippen LogP contribution in [0.2, 0.25) is 0 Å². The first-order valence-corrected chi connectivity index (χ1v) is 7.07. The minimum absolute atomic E-state index is 0.138. The molecule has 0 saturated carbocycles. The number of rotatable bonds is 6. The quantitative estimate of drug-likeness (QED) is 0.733. The van der Waals surface area contributed by atoms with Gasteiger partial charge in [0.1, 0.15) is 6.04 Å². The molecule has 0 saturated heterocycles. The number of hydrogen-bond acceptors (Lipinski definition) is 4. The molecule has 1 aromatic heterocycles. The zero-order chi connectivity index (χ0) is 14.5. The lowest BCUT2D eigenvalue weighted by Crippen LogP contribution is -2.54. The smallest absolute Gasteiger partial charge is 0.261 e. The fourth-order valence-corrected chi connectivity index (χ4v) is 2.01. The van der Waals surface area contributed by atoms with Crippen LogP contribution in [0.5, 0.6) is 0 Å². The van der Waals surface area contributed by atoms with Crippen LogP contribution in [-0.2, 0) is 4.79 Å². The molecule has 2 amide bonds. The number of carbonyl (C=O) groups excluding carboxylic acids is 2. The summed E-state index contributed by atoms with van der Waals surface area (Å²) in [5.41, 5.74) is -0.654. The first-order valence-electron chi connectivity index (χ1n) is 6.19. The van der Waals surface area contributed by atoms with Crippen molar-refractivity contribution in [3.8, 4) is 0 Å². The van der Waals surface area contributed by atoms with Crippen molar-refractivity contribution in [2.75, 3.05) is 6.61 Å². The van der Waals surface area contributed by atoms with E-state index in [2.05, 4.69) is 10.6 Å². The van der Waals surface area contributed by atoms with Crippen molar-refractivity contribution in [3.05, 3.63) is 22.4 Å². The van der Waals surface area contributed by atoms with E-state index in [1.165, 1.54) is 11.3 Å². The summed E-state index contributed by atoms with van der Waals surface area (Å²) in [6.07, 6.45) is 0.612. The summed E-state index contributed by atoms with van der Waals surface area (Å²) >= 11 is 1.32. The fourth-order valence-electron chi connectivity index (χ4n) is 1.39. The highest BCUT2D eigenvalue weighted by Gasteiger charge is 2.26.